The van der Waals surface area contributed by atoms with Crippen LogP contribution in [0.1, 0.15) is 11.1 Å². The lowest BCUT2D eigenvalue weighted by Gasteiger charge is -2.04. The van der Waals surface area contributed by atoms with Crippen molar-refractivity contribution < 1.29 is 4.79 Å². The monoisotopic (exact) mass is 207 g/mol. The SMILES string of the molecule is NCCNCc1ccc(CC(N)=O)cc1. The third-order valence-electron chi connectivity index (χ3n) is 2.05. The number of nitrogens with two attached hydrogens (primary N) is 2. The fraction of sp³-hybridized carbons (Fsp3) is 0.364. The minimum Gasteiger partial charge on any atom is -0.369 e. The van der Waals surface area contributed by atoms with Crippen LogP contribution in [0, 0.1) is 0 Å². The largest absolute Gasteiger partial charge is 0.369 e. The van der Waals surface area contributed by atoms with Crippen LogP contribution in [0.25, 0.3) is 0 Å². The van der Waals surface area contributed by atoms with Crippen LogP contribution in [0.15, 0.2) is 24.3 Å². The molecule has 1 aromatic carbocycles. The van der Waals surface area contributed by atoms with Crippen molar-refractivity contribution >= 4 is 5.91 Å². The molecule has 0 spiro atoms. The summed E-state index contributed by atoms with van der Waals surface area (Å²) in [5, 5.41) is 3.19. The Labute approximate surface area is 89.6 Å². The van der Waals surface area contributed by atoms with E-state index >= 15 is 0 Å². The van der Waals surface area contributed by atoms with Gasteiger partial charge in [0.2, 0.25) is 5.91 Å². The van der Waals surface area contributed by atoms with Gasteiger partial charge < -0.3 is 16.8 Å². The van der Waals surface area contributed by atoms with Gasteiger partial charge in [-0.2, -0.15) is 0 Å². The van der Waals surface area contributed by atoms with Crippen molar-refractivity contribution in [1.29, 1.82) is 0 Å². The molecular formula is C11H17N3O. The molecule has 0 atom stereocenters. The molecule has 15 heavy (non-hydrogen) atoms. The van der Waals surface area contributed by atoms with Crippen molar-refractivity contribution in [2.24, 2.45) is 11.5 Å². The smallest absolute Gasteiger partial charge is 0.221 e. The Bertz CT molecular complexity index is 308. The quantitative estimate of drug-likeness (QED) is 0.563. The van der Waals surface area contributed by atoms with Crippen molar-refractivity contribution in [2.45, 2.75) is 13.0 Å². The summed E-state index contributed by atoms with van der Waals surface area (Å²) in [6, 6.07) is 7.82. The summed E-state index contributed by atoms with van der Waals surface area (Å²) in [5.74, 6) is -0.302. The van der Waals surface area contributed by atoms with E-state index in [-0.39, 0.29) is 5.91 Å². The highest BCUT2D eigenvalue weighted by Crippen LogP contribution is 2.04. The molecule has 4 heteroatoms. The second-order valence-corrected chi connectivity index (χ2v) is 3.43. The molecule has 1 aromatic rings. The highest BCUT2D eigenvalue weighted by Gasteiger charge is 1.98. The van der Waals surface area contributed by atoms with Gasteiger partial charge in [0.25, 0.3) is 0 Å². The molecule has 0 bridgehead atoms. The van der Waals surface area contributed by atoms with Crippen molar-refractivity contribution in [2.75, 3.05) is 13.1 Å². The lowest BCUT2D eigenvalue weighted by atomic mass is 10.1. The third kappa shape index (κ3) is 4.58. The van der Waals surface area contributed by atoms with E-state index in [4.69, 9.17) is 11.5 Å². The first-order valence-electron chi connectivity index (χ1n) is 4.99. The van der Waals surface area contributed by atoms with Crippen LogP contribution >= 0.6 is 0 Å². The fourth-order valence-corrected chi connectivity index (χ4v) is 1.31. The summed E-state index contributed by atoms with van der Waals surface area (Å²) in [7, 11) is 0. The van der Waals surface area contributed by atoms with Gasteiger partial charge in [-0.05, 0) is 11.1 Å². The lowest BCUT2D eigenvalue weighted by molar-refractivity contribution is -0.117. The Hall–Kier alpha value is -1.39. The number of primary amides is 1. The van der Waals surface area contributed by atoms with Gasteiger partial charge in [0, 0.05) is 19.6 Å². The molecule has 5 N–H and O–H groups in total. The Kier molecular flexibility index (Phi) is 4.80. The zero-order valence-electron chi connectivity index (χ0n) is 8.70. The van der Waals surface area contributed by atoms with Crippen molar-refractivity contribution in [1.82, 2.24) is 5.32 Å². The number of carbonyl (C=O) groups is 1. The standard InChI is InChI=1S/C11H17N3O/c12-5-6-14-8-10-3-1-9(2-4-10)7-11(13)15/h1-4,14H,5-8,12H2,(H2,13,15). The fourth-order valence-electron chi connectivity index (χ4n) is 1.31. The highest BCUT2D eigenvalue weighted by atomic mass is 16.1. The summed E-state index contributed by atoms with van der Waals surface area (Å²) in [4.78, 5) is 10.7. The van der Waals surface area contributed by atoms with Crippen molar-refractivity contribution in [3.05, 3.63) is 35.4 Å². The first-order chi connectivity index (χ1) is 7.22. The minimum atomic E-state index is -0.302. The number of nitrogens with one attached hydrogen (secondary N) is 1. The van der Waals surface area contributed by atoms with Gasteiger partial charge in [-0.15, -0.1) is 0 Å². The normalized spacial score (nSPS) is 10.2. The summed E-state index contributed by atoms with van der Waals surface area (Å²) >= 11 is 0. The van der Waals surface area contributed by atoms with Crippen molar-refractivity contribution in [3.8, 4) is 0 Å². The summed E-state index contributed by atoms with van der Waals surface area (Å²) in [6.07, 6.45) is 0.302. The molecule has 0 aromatic heterocycles. The summed E-state index contributed by atoms with van der Waals surface area (Å²) in [6.45, 7) is 2.25. The van der Waals surface area contributed by atoms with E-state index in [1.165, 1.54) is 5.56 Å². The van der Waals surface area contributed by atoms with E-state index in [0.717, 1.165) is 18.7 Å². The molecule has 0 aliphatic carbocycles. The Morgan fingerprint density at radius 1 is 1.20 bits per heavy atom. The molecule has 0 heterocycles. The molecule has 0 aliphatic rings. The minimum absolute atomic E-state index is 0.302. The van der Waals surface area contributed by atoms with E-state index in [2.05, 4.69) is 5.32 Å². The van der Waals surface area contributed by atoms with Crippen LogP contribution in [0.2, 0.25) is 0 Å². The van der Waals surface area contributed by atoms with Crippen LogP contribution in [-0.2, 0) is 17.8 Å². The lowest BCUT2D eigenvalue weighted by Crippen LogP contribution is -2.21. The average Bonchev–Trinajstić information content (AvgIpc) is 2.20. The zero-order chi connectivity index (χ0) is 11.1. The molecule has 0 aliphatic heterocycles. The molecule has 4 nitrogen and oxygen atoms in total. The van der Waals surface area contributed by atoms with E-state index < -0.39 is 0 Å². The first kappa shape index (κ1) is 11.7. The topological polar surface area (TPSA) is 81.1 Å². The van der Waals surface area contributed by atoms with Gasteiger partial charge in [0.1, 0.15) is 0 Å². The predicted octanol–water partition coefficient (Wildman–Crippen LogP) is -0.237. The molecular weight excluding hydrogens is 190 g/mol. The Morgan fingerprint density at radius 2 is 1.80 bits per heavy atom. The number of rotatable bonds is 6. The van der Waals surface area contributed by atoms with Gasteiger partial charge in [-0.25, -0.2) is 0 Å². The van der Waals surface area contributed by atoms with Gasteiger partial charge in [-0.3, -0.25) is 4.79 Å². The molecule has 1 rings (SSSR count). The van der Waals surface area contributed by atoms with Gasteiger partial charge in [0.05, 0.1) is 6.42 Å². The van der Waals surface area contributed by atoms with Crippen LogP contribution in [0.3, 0.4) is 0 Å². The van der Waals surface area contributed by atoms with E-state index in [1.54, 1.807) is 0 Å². The molecule has 0 saturated carbocycles. The van der Waals surface area contributed by atoms with Crippen LogP contribution in [0.5, 0.6) is 0 Å². The molecule has 0 radical (unpaired) electrons. The number of hydrogen-bond donors (Lipinski definition) is 3. The Morgan fingerprint density at radius 3 is 2.33 bits per heavy atom. The summed E-state index contributed by atoms with van der Waals surface area (Å²) < 4.78 is 0. The number of carbonyl (C=O) groups excluding carboxylic acids is 1. The molecule has 0 fully saturated rings. The number of amides is 1. The second-order valence-electron chi connectivity index (χ2n) is 3.43. The second kappa shape index (κ2) is 6.16. The van der Waals surface area contributed by atoms with Gasteiger partial charge >= 0.3 is 0 Å². The average molecular weight is 207 g/mol. The third-order valence-corrected chi connectivity index (χ3v) is 2.05. The molecule has 1 amide bonds. The van der Waals surface area contributed by atoms with E-state index in [9.17, 15) is 4.79 Å². The van der Waals surface area contributed by atoms with Crippen LogP contribution in [0.4, 0.5) is 0 Å². The predicted molar refractivity (Wildman–Crippen MR) is 60.1 cm³/mol. The maximum absolute atomic E-state index is 10.7. The zero-order valence-corrected chi connectivity index (χ0v) is 8.70. The van der Waals surface area contributed by atoms with Crippen LogP contribution < -0.4 is 16.8 Å². The molecule has 0 saturated heterocycles. The number of benzene rings is 1. The van der Waals surface area contributed by atoms with Gasteiger partial charge in [0.15, 0.2) is 0 Å². The number of hydrogen-bond acceptors (Lipinski definition) is 3. The highest BCUT2D eigenvalue weighted by molar-refractivity contribution is 5.76. The van der Waals surface area contributed by atoms with E-state index in [1.807, 2.05) is 24.3 Å². The molecule has 82 valence electrons. The summed E-state index contributed by atoms with van der Waals surface area (Å²) in [5.41, 5.74) is 12.6. The first-order valence-corrected chi connectivity index (χ1v) is 4.99. The maximum atomic E-state index is 10.7. The molecule has 0 unspecified atom stereocenters. The Balaban J connectivity index is 2.45. The van der Waals surface area contributed by atoms with Crippen molar-refractivity contribution in [3.63, 3.8) is 0 Å². The van der Waals surface area contributed by atoms with Gasteiger partial charge in [-0.1, -0.05) is 24.3 Å². The van der Waals surface area contributed by atoms with Crippen LogP contribution in [-0.4, -0.2) is 19.0 Å². The van der Waals surface area contributed by atoms with E-state index in [0.29, 0.717) is 13.0 Å². The maximum Gasteiger partial charge on any atom is 0.221 e.